The van der Waals surface area contributed by atoms with Crippen LogP contribution in [-0.4, -0.2) is 56.5 Å². The third-order valence-corrected chi connectivity index (χ3v) is 3.96. The molecule has 0 radical (unpaired) electrons. The molecule has 23 heavy (non-hydrogen) atoms. The highest BCUT2D eigenvalue weighted by Gasteiger charge is 2.49. The van der Waals surface area contributed by atoms with Crippen LogP contribution in [0.3, 0.4) is 0 Å². The third-order valence-electron chi connectivity index (χ3n) is 3.44. The van der Waals surface area contributed by atoms with Crippen LogP contribution in [0.4, 0.5) is 5.82 Å². The minimum absolute atomic E-state index is 0.0555. The van der Waals surface area contributed by atoms with Crippen molar-refractivity contribution in [2.45, 2.75) is 31.5 Å². The lowest BCUT2D eigenvalue weighted by molar-refractivity contribution is -0.0625. The number of nitrogens with zero attached hydrogens (tertiary/aromatic N) is 2. The minimum Gasteiger partial charge on any atom is -0.394 e. The van der Waals surface area contributed by atoms with E-state index in [2.05, 4.69) is 9.51 Å². The van der Waals surface area contributed by atoms with Gasteiger partial charge in [0, 0.05) is 18.9 Å². The Hall–Kier alpha value is -1.33. The Kier molecular flexibility index (Phi) is 5.21. The first kappa shape index (κ1) is 18.0. The van der Waals surface area contributed by atoms with Crippen LogP contribution in [0.1, 0.15) is 11.8 Å². The van der Waals surface area contributed by atoms with Crippen molar-refractivity contribution in [2.24, 2.45) is 0 Å². The number of nitrogens with two attached hydrogens (primary N) is 1. The molecular weight excluding hydrogens is 333 g/mol. The van der Waals surface area contributed by atoms with Gasteiger partial charge < -0.3 is 30.1 Å². The number of rotatable bonds is 5. The molecule has 130 valence electrons. The van der Waals surface area contributed by atoms with Gasteiger partial charge in [0.25, 0.3) is 0 Å². The highest BCUT2D eigenvalue weighted by molar-refractivity contribution is 7.46. The molecule has 1 aromatic rings. The van der Waals surface area contributed by atoms with Crippen molar-refractivity contribution < 1.29 is 33.5 Å². The molecular formula is C11H18N3O8P. The quantitative estimate of drug-likeness (QED) is 0.459. The summed E-state index contributed by atoms with van der Waals surface area (Å²) < 4.78 is 27.5. The van der Waals surface area contributed by atoms with Gasteiger partial charge in [-0.25, -0.2) is 9.36 Å². The Labute approximate surface area is 130 Å². The van der Waals surface area contributed by atoms with Gasteiger partial charge in [0.05, 0.1) is 6.61 Å². The summed E-state index contributed by atoms with van der Waals surface area (Å²) >= 11 is 0. The third kappa shape index (κ3) is 3.78. The molecule has 2 heterocycles. The second kappa shape index (κ2) is 6.65. The van der Waals surface area contributed by atoms with Crippen molar-refractivity contribution in [1.82, 2.24) is 9.55 Å². The van der Waals surface area contributed by atoms with Crippen molar-refractivity contribution in [1.29, 1.82) is 0 Å². The Morgan fingerprint density at radius 1 is 1.48 bits per heavy atom. The summed E-state index contributed by atoms with van der Waals surface area (Å²) in [4.78, 5) is 33.6. The number of aliphatic hydroxyl groups excluding tert-OH is 1. The fourth-order valence-electron chi connectivity index (χ4n) is 2.38. The molecule has 0 amide bonds. The molecule has 1 fully saturated rings. The van der Waals surface area contributed by atoms with Gasteiger partial charge >= 0.3 is 13.5 Å². The Morgan fingerprint density at radius 2 is 2.13 bits per heavy atom. The van der Waals surface area contributed by atoms with Crippen LogP contribution in [0.5, 0.6) is 0 Å². The maximum atomic E-state index is 12.0. The number of phosphoric acid groups is 1. The van der Waals surface area contributed by atoms with Gasteiger partial charge in [0.1, 0.15) is 24.1 Å². The van der Waals surface area contributed by atoms with Crippen molar-refractivity contribution >= 4 is 13.6 Å². The average molecular weight is 351 g/mol. The van der Waals surface area contributed by atoms with Gasteiger partial charge in [-0.05, 0) is 6.92 Å². The largest absolute Gasteiger partial charge is 0.470 e. The van der Waals surface area contributed by atoms with E-state index in [1.807, 2.05) is 0 Å². The predicted molar refractivity (Wildman–Crippen MR) is 76.4 cm³/mol. The molecule has 0 aromatic carbocycles. The maximum absolute atomic E-state index is 12.0. The topological polar surface area (TPSA) is 166 Å². The van der Waals surface area contributed by atoms with E-state index in [4.69, 9.17) is 25.0 Å². The van der Waals surface area contributed by atoms with Gasteiger partial charge in [-0.3, -0.25) is 9.09 Å². The lowest BCUT2D eigenvalue weighted by atomic mass is 10.1. The fraction of sp³-hybridized carbons (Fsp3) is 0.636. The Morgan fingerprint density at radius 3 is 2.65 bits per heavy atom. The van der Waals surface area contributed by atoms with Crippen LogP contribution in [0.15, 0.2) is 11.0 Å². The number of methoxy groups -OCH3 is 1. The molecule has 5 N–H and O–H groups in total. The Balaban J connectivity index is 2.42. The number of ether oxygens (including phenoxy) is 2. The van der Waals surface area contributed by atoms with E-state index in [-0.39, 0.29) is 5.82 Å². The number of aromatic nitrogens is 2. The van der Waals surface area contributed by atoms with Crippen LogP contribution in [0.25, 0.3) is 0 Å². The summed E-state index contributed by atoms with van der Waals surface area (Å²) in [5.41, 5.74) is 5.33. The predicted octanol–water partition coefficient (Wildman–Crippen LogP) is -1.48. The number of nitrogen functional groups attached to an aromatic ring is 1. The summed E-state index contributed by atoms with van der Waals surface area (Å²) in [5.74, 6) is 0.0555. The smallest absolute Gasteiger partial charge is 0.394 e. The van der Waals surface area contributed by atoms with Crippen LogP contribution < -0.4 is 11.4 Å². The summed E-state index contributed by atoms with van der Waals surface area (Å²) in [5, 5.41) is 9.34. The second-order valence-corrected chi connectivity index (χ2v) is 6.20. The van der Waals surface area contributed by atoms with Crippen LogP contribution in [0, 0.1) is 6.92 Å². The molecule has 1 aliphatic heterocycles. The summed E-state index contributed by atoms with van der Waals surface area (Å²) in [6.45, 7) is 1.04. The zero-order valence-corrected chi connectivity index (χ0v) is 13.3. The highest BCUT2D eigenvalue weighted by atomic mass is 31.2. The molecule has 1 aliphatic rings. The van der Waals surface area contributed by atoms with Crippen molar-refractivity contribution in [2.75, 3.05) is 19.5 Å². The summed E-state index contributed by atoms with van der Waals surface area (Å²) in [7, 11) is -3.59. The van der Waals surface area contributed by atoms with E-state index >= 15 is 0 Å². The van der Waals surface area contributed by atoms with E-state index < -0.39 is 44.7 Å². The monoisotopic (exact) mass is 351 g/mol. The molecule has 12 heteroatoms. The van der Waals surface area contributed by atoms with Crippen LogP contribution >= 0.6 is 7.82 Å². The van der Waals surface area contributed by atoms with Gasteiger partial charge in [0.15, 0.2) is 6.23 Å². The van der Waals surface area contributed by atoms with E-state index in [9.17, 15) is 14.5 Å². The molecule has 2 rings (SSSR count). The fourth-order valence-corrected chi connectivity index (χ4v) is 2.95. The zero-order valence-electron chi connectivity index (χ0n) is 12.4. The number of anilines is 1. The van der Waals surface area contributed by atoms with Gasteiger partial charge in [-0.15, -0.1) is 0 Å². The number of phosphoric ester groups is 1. The minimum atomic E-state index is -4.86. The number of aliphatic hydroxyl groups is 1. The molecule has 11 nitrogen and oxygen atoms in total. The summed E-state index contributed by atoms with van der Waals surface area (Å²) in [6, 6.07) is 0. The second-order valence-electron chi connectivity index (χ2n) is 5.01. The standard InChI is InChI=1S/C11H18N3O8P/c1-5-3-14(11(16)13-9(5)12)10-8(20-2)7(6(4-15)21-10)22-23(17,18)19/h3,6-8,10,15H,4H2,1-2H3,(H2,12,13,16)(H2,17,18,19)/t6-,7?,8?,10-/m1/s1. The number of hydrogen-bond donors (Lipinski definition) is 4. The SMILES string of the molecule is COC1C(OP(=O)(O)O)[C@@H](CO)O[C@H]1n1cc(C)c(N)nc1=O. The van der Waals surface area contributed by atoms with E-state index in [0.29, 0.717) is 5.56 Å². The molecule has 2 unspecified atom stereocenters. The lowest BCUT2D eigenvalue weighted by Crippen LogP contribution is -2.39. The first-order valence-corrected chi connectivity index (χ1v) is 8.09. The molecule has 0 spiro atoms. The van der Waals surface area contributed by atoms with Crippen LogP contribution in [-0.2, 0) is 18.6 Å². The van der Waals surface area contributed by atoms with Crippen molar-refractivity contribution in [3.63, 3.8) is 0 Å². The Bertz CT molecular complexity index is 674. The molecule has 1 saturated heterocycles. The molecule has 0 aliphatic carbocycles. The lowest BCUT2D eigenvalue weighted by Gasteiger charge is -2.23. The van der Waals surface area contributed by atoms with E-state index in [1.54, 1.807) is 6.92 Å². The van der Waals surface area contributed by atoms with E-state index in [1.165, 1.54) is 13.3 Å². The highest BCUT2D eigenvalue weighted by Crippen LogP contribution is 2.44. The van der Waals surface area contributed by atoms with Crippen molar-refractivity contribution in [3.8, 4) is 0 Å². The van der Waals surface area contributed by atoms with Crippen molar-refractivity contribution in [3.05, 3.63) is 22.2 Å². The van der Waals surface area contributed by atoms with Gasteiger partial charge in [-0.1, -0.05) is 0 Å². The molecule has 0 bridgehead atoms. The van der Waals surface area contributed by atoms with Gasteiger partial charge in [0.2, 0.25) is 0 Å². The van der Waals surface area contributed by atoms with E-state index in [0.717, 1.165) is 4.57 Å². The number of hydrogen-bond acceptors (Lipinski definition) is 8. The van der Waals surface area contributed by atoms with Crippen LogP contribution in [0.2, 0.25) is 0 Å². The first-order valence-electron chi connectivity index (χ1n) is 6.56. The molecule has 4 atom stereocenters. The molecule has 0 saturated carbocycles. The summed E-state index contributed by atoms with van der Waals surface area (Å²) in [6.07, 6.45) is -3.13. The maximum Gasteiger partial charge on any atom is 0.470 e. The van der Waals surface area contributed by atoms with Gasteiger partial charge in [-0.2, -0.15) is 4.98 Å². The normalized spacial score (nSPS) is 28.2. The molecule has 1 aromatic heterocycles. The average Bonchev–Trinajstić information content (AvgIpc) is 2.78. The zero-order chi connectivity index (χ0) is 17.4. The number of aryl methyl sites for hydroxylation is 1. The first-order chi connectivity index (χ1) is 10.7.